The molecule has 1 aromatic carbocycles. The van der Waals surface area contributed by atoms with Crippen molar-refractivity contribution in [2.24, 2.45) is 10.9 Å². The summed E-state index contributed by atoms with van der Waals surface area (Å²) in [5, 5.41) is 6.49. The number of nitrogens with one attached hydrogen (secondary N) is 2. The van der Waals surface area contributed by atoms with Crippen LogP contribution in [0.15, 0.2) is 23.2 Å². The molecule has 0 radical (unpaired) electrons. The molecule has 0 aliphatic carbocycles. The Morgan fingerprint density at radius 1 is 1.30 bits per heavy atom. The van der Waals surface area contributed by atoms with Crippen LogP contribution in [0, 0.1) is 12.8 Å². The largest absolute Gasteiger partial charge is 0.491 e. The van der Waals surface area contributed by atoms with Crippen molar-refractivity contribution in [1.29, 1.82) is 0 Å². The molecule has 0 saturated carbocycles. The number of guanidine groups is 1. The molecule has 8 heteroatoms. The van der Waals surface area contributed by atoms with Gasteiger partial charge in [0.1, 0.15) is 12.4 Å². The summed E-state index contributed by atoms with van der Waals surface area (Å²) in [5.41, 5.74) is 2.17. The van der Waals surface area contributed by atoms with Crippen LogP contribution in [-0.4, -0.2) is 59.3 Å². The van der Waals surface area contributed by atoms with Gasteiger partial charge in [0.15, 0.2) is 15.8 Å². The Kier molecular flexibility index (Phi) is 8.37. The molecule has 0 spiro atoms. The van der Waals surface area contributed by atoms with E-state index in [-0.39, 0.29) is 17.4 Å². The predicted octanol–water partition coefficient (Wildman–Crippen LogP) is 1.51. The zero-order chi connectivity index (χ0) is 19.7. The Balaban J connectivity index is 1.86. The summed E-state index contributed by atoms with van der Waals surface area (Å²) in [6.45, 7) is 6.90. The first kappa shape index (κ1) is 21.5. The van der Waals surface area contributed by atoms with Gasteiger partial charge in [-0.25, -0.2) is 8.42 Å². The van der Waals surface area contributed by atoms with E-state index in [0.717, 1.165) is 16.9 Å². The minimum atomic E-state index is -2.86. The van der Waals surface area contributed by atoms with E-state index in [0.29, 0.717) is 45.3 Å². The van der Waals surface area contributed by atoms with Gasteiger partial charge >= 0.3 is 0 Å². The first-order valence-corrected chi connectivity index (χ1v) is 11.2. The smallest absolute Gasteiger partial charge is 0.191 e. The number of hydrogen-bond donors (Lipinski definition) is 2. The highest BCUT2D eigenvalue weighted by atomic mass is 32.2. The number of ether oxygens (including phenoxy) is 2. The molecule has 1 heterocycles. The van der Waals surface area contributed by atoms with Crippen molar-refractivity contribution < 1.29 is 17.9 Å². The highest BCUT2D eigenvalue weighted by molar-refractivity contribution is 7.91. The number of rotatable bonds is 9. The van der Waals surface area contributed by atoms with Gasteiger partial charge in [0.05, 0.1) is 18.1 Å². The second kappa shape index (κ2) is 10.5. The second-order valence-electron chi connectivity index (χ2n) is 6.73. The fourth-order valence-corrected chi connectivity index (χ4v) is 4.83. The molecule has 152 valence electrons. The molecule has 0 amide bonds. The first-order chi connectivity index (χ1) is 12.9. The van der Waals surface area contributed by atoms with Crippen LogP contribution in [0.4, 0.5) is 0 Å². The zero-order valence-electron chi connectivity index (χ0n) is 16.5. The summed E-state index contributed by atoms with van der Waals surface area (Å²) in [6.07, 6.45) is 0.710. The minimum Gasteiger partial charge on any atom is -0.491 e. The number of nitrogens with zero attached hydrogens (tertiary/aromatic N) is 1. The predicted molar refractivity (Wildman–Crippen MR) is 108 cm³/mol. The van der Waals surface area contributed by atoms with E-state index in [4.69, 9.17) is 9.47 Å². The van der Waals surface area contributed by atoms with Gasteiger partial charge in [-0.15, -0.1) is 0 Å². The zero-order valence-corrected chi connectivity index (χ0v) is 17.3. The molecule has 7 nitrogen and oxygen atoms in total. The molecule has 0 aromatic heterocycles. The van der Waals surface area contributed by atoms with Crippen LogP contribution in [0.5, 0.6) is 5.75 Å². The van der Waals surface area contributed by atoms with E-state index in [1.165, 1.54) is 0 Å². The molecule has 1 aliphatic rings. The Morgan fingerprint density at radius 3 is 2.78 bits per heavy atom. The molecular formula is C19H31N3O4S. The molecule has 1 aliphatic heterocycles. The van der Waals surface area contributed by atoms with Crippen LogP contribution < -0.4 is 15.4 Å². The van der Waals surface area contributed by atoms with Crippen molar-refractivity contribution in [2.75, 3.05) is 44.9 Å². The van der Waals surface area contributed by atoms with Crippen LogP contribution >= 0.6 is 0 Å². The number of hydrogen-bond acceptors (Lipinski definition) is 5. The summed E-state index contributed by atoms with van der Waals surface area (Å²) in [5.74, 6) is 2.18. The van der Waals surface area contributed by atoms with Crippen molar-refractivity contribution in [3.63, 3.8) is 0 Å². The quantitative estimate of drug-likeness (QED) is 0.373. The lowest BCUT2D eigenvalue weighted by Gasteiger charge is -2.17. The summed E-state index contributed by atoms with van der Waals surface area (Å²) >= 11 is 0. The molecule has 2 rings (SSSR count). The molecular weight excluding hydrogens is 366 g/mol. The lowest BCUT2D eigenvalue weighted by atomic mass is 10.1. The normalized spacial score (nSPS) is 19.1. The van der Waals surface area contributed by atoms with Crippen molar-refractivity contribution >= 4 is 15.8 Å². The average molecular weight is 398 g/mol. The van der Waals surface area contributed by atoms with E-state index < -0.39 is 9.84 Å². The van der Waals surface area contributed by atoms with Gasteiger partial charge in [0.2, 0.25) is 0 Å². The van der Waals surface area contributed by atoms with Gasteiger partial charge < -0.3 is 20.1 Å². The Morgan fingerprint density at radius 2 is 2.11 bits per heavy atom. The monoisotopic (exact) mass is 397 g/mol. The first-order valence-electron chi connectivity index (χ1n) is 9.38. The lowest BCUT2D eigenvalue weighted by molar-refractivity contribution is 0.110. The third-order valence-electron chi connectivity index (χ3n) is 4.47. The number of sulfone groups is 1. The topological polar surface area (TPSA) is 89.0 Å². The van der Waals surface area contributed by atoms with Gasteiger partial charge in [-0.2, -0.15) is 0 Å². The Bertz CT molecular complexity index is 734. The standard InChI is InChI=1S/C19H31N3O4S/c1-4-25-8-9-26-18-11-15(2)5-6-17(18)13-22-19(20-3)21-12-16-7-10-27(23,24)14-16/h5-6,11,16H,4,7-10,12-14H2,1-3H3,(H2,20,21,22). The lowest BCUT2D eigenvalue weighted by Crippen LogP contribution is -2.39. The van der Waals surface area contributed by atoms with Crippen LogP contribution in [0.25, 0.3) is 0 Å². The summed E-state index contributed by atoms with van der Waals surface area (Å²) in [4.78, 5) is 4.22. The minimum absolute atomic E-state index is 0.144. The Labute approximate surface area is 162 Å². The third kappa shape index (κ3) is 7.38. The van der Waals surface area contributed by atoms with Gasteiger partial charge in [0.25, 0.3) is 0 Å². The van der Waals surface area contributed by atoms with E-state index in [2.05, 4.69) is 15.6 Å². The number of benzene rings is 1. The molecule has 1 fully saturated rings. The molecule has 0 bridgehead atoms. The highest BCUT2D eigenvalue weighted by Crippen LogP contribution is 2.20. The van der Waals surface area contributed by atoms with Gasteiger partial charge in [-0.3, -0.25) is 4.99 Å². The summed E-state index contributed by atoms with van der Waals surface area (Å²) < 4.78 is 34.3. The van der Waals surface area contributed by atoms with Crippen molar-refractivity contribution in [3.05, 3.63) is 29.3 Å². The Hall–Kier alpha value is -1.80. The maximum atomic E-state index is 11.6. The van der Waals surface area contributed by atoms with E-state index in [9.17, 15) is 8.42 Å². The summed E-state index contributed by atoms with van der Waals surface area (Å²) in [6, 6.07) is 6.10. The van der Waals surface area contributed by atoms with E-state index >= 15 is 0 Å². The van der Waals surface area contributed by atoms with Crippen LogP contribution in [0.3, 0.4) is 0 Å². The molecule has 27 heavy (non-hydrogen) atoms. The fraction of sp³-hybridized carbons (Fsp3) is 0.632. The van der Waals surface area contributed by atoms with E-state index in [1.54, 1.807) is 7.05 Å². The van der Waals surface area contributed by atoms with Crippen molar-refractivity contribution in [2.45, 2.75) is 26.8 Å². The molecule has 1 saturated heterocycles. The fourth-order valence-electron chi connectivity index (χ4n) is 2.97. The highest BCUT2D eigenvalue weighted by Gasteiger charge is 2.27. The van der Waals surface area contributed by atoms with E-state index in [1.807, 2.05) is 32.0 Å². The van der Waals surface area contributed by atoms with Gasteiger partial charge in [0, 0.05) is 32.3 Å². The number of aliphatic imine (C=N–C) groups is 1. The number of aryl methyl sites for hydroxylation is 1. The third-order valence-corrected chi connectivity index (χ3v) is 6.30. The van der Waals surface area contributed by atoms with Gasteiger partial charge in [-0.05, 0) is 37.8 Å². The maximum absolute atomic E-state index is 11.6. The average Bonchev–Trinajstić information content (AvgIpc) is 2.99. The van der Waals surface area contributed by atoms with Crippen LogP contribution in [0.2, 0.25) is 0 Å². The second-order valence-corrected chi connectivity index (χ2v) is 8.96. The maximum Gasteiger partial charge on any atom is 0.191 e. The van der Waals surface area contributed by atoms with Crippen LogP contribution in [-0.2, 0) is 21.1 Å². The van der Waals surface area contributed by atoms with Crippen LogP contribution in [0.1, 0.15) is 24.5 Å². The van der Waals surface area contributed by atoms with Crippen molar-refractivity contribution in [1.82, 2.24) is 10.6 Å². The molecule has 1 unspecified atom stereocenters. The van der Waals surface area contributed by atoms with Crippen molar-refractivity contribution in [3.8, 4) is 5.75 Å². The summed E-state index contributed by atoms with van der Waals surface area (Å²) in [7, 11) is -1.15. The van der Waals surface area contributed by atoms with Gasteiger partial charge in [-0.1, -0.05) is 12.1 Å². The molecule has 1 atom stereocenters. The molecule has 2 N–H and O–H groups in total. The molecule has 1 aromatic rings. The SMILES string of the molecule is CCOCCOc1cc(C)ccc1CNC(=NC)NCC1CCS(=O)(=O)C1.